The minimum absolute atomic E-state index is 0.166. The fourth-order valence-corrected chi connectivity index (χ4v) is 5.39. The van der Waals surface area contributed by atoms with E-state index in [9.17, 15) is 18.0 Å². The minimum atomic E-state index is -3.51. The number of sulfonamides is 1. The van der Waals surface area contributed by atoms with E-state index in [0.29, 0.717) is 13.1 Å². The first-order valence-corrected chi connectivity index (χ1v) is 12.4. The third-order valence-electron chi connectivity index (χ3n) is 4.75. The third kappa shape index (κ3) is 6.07. The number of hydrazine groups is 1. The quantitative estimate of drug-likeness (QED) is 0.478. The molecule has 0 unspecified atom stereocenters. The van der Waals surface area contributed by atoms with Crippen molar-refractivity contribution in [2.75, 3.05) is 24.6 Å². The van der Waals surface area contributed by atoms with Gasteiger partial charge in [-0.2, -0.15) is 16.1 Å². The summed E-state index contributed by atoms with van der Waals surface area (Å²) in [5.74, 6) is 0.246. The molecule has 1 saturated heterocycles. The Morgan fingerprint density at radius 1 is 0.933 bits per heavy atom. The normalized spacial score (nSPS) is 14.4. The molecule has 7 nitrogen and oxygen atoms in total. The van der Waals surface area contributed by atoms with Crippen molar-refractivity contribution >= 4 is 33.6 Å². The summed E-state index contributed by atoms with van der Waals surface area (Å²) in [5, 5.41) is 0. The largest absolute Gasteiger partial charge is 0.272 e. The van der Waals surface area contributed by atoms with Gasteiger partial charge in [0.25, 0.3) is 5.91 Å². The molecule has 1 fully saturated rings. The molecule has 2 amide bonds. The van der Waals surface area contributed by atoms with Gasteiger partial charge in [0.05, 0.1) is 10.6 Å². The molecule has 3 rings (SSSR count). The Morgan fingerprint density at radius 2 is 1.60 bits per heavy atom. The van der Waals surface area contributed by atoms with Crippen LogP contribution in [0.4, 0.5) is 0 Å². The summed E-state index contributed by atoms with van der Waals surface area (Å²) in [6.07, 6.45) is 2.60. The van der Waals surface area contributed by atoms with Gasteiger partial charge in [0.2, 0.25) is 15.9 Å². The number of carbonyl (C=O) groups is 2. The number of rotatable bonds is 8. The molecule has 1 aliphatic rings. The van der Waals surface area contributed by atoms with Gasteiger partial charge < -0.3 is 0 Å². The molecular formula is C21H25N3O4S2. The number of hydrogen-bond acceptors (Lipinski definition) is 5. The Morgan fingerprint density at radius 3 is 2.27 bits per heavy atom. The van der Waals surface area contributed by atoms with Crippen molar-refractivity contribution < 1.29 is 18.0 Å². The summed E-state index contributed by atoms with van der Waals surface area (Å²) in [4.78, 5) is 24.2. The van der Waals surface area contributed by atoms with Crippen LogP contribution in [0.5, 0.6) is 0 Å². The molecule has 0 saturated carbocycles. The zero-order valence-corrected chi connectivity index (χ0v) is 18.2. The average molecular weight is 448 g/mol. The first-order valence-electron chi connectivity index (χ1n) is 9.78. The second-order valence-corrected chi connectivity index (χ2v) is 9.97. The number of benzene rings is 2. The first kappa shape index (κ1) is 22.3. The number of hydrogen-bond donors (Lipinski definition) is 2. The summed E-state index contributed by atoms with van der Waals surface area (Å²) in [7, 11) is -3.51. The van der Waals surface area contributed by atoms with Crippen LogP contribution in [0.1, 0.15) is 28.8 Å². The number of amides is 2. The molecule has 0 atom stereocenters. The molecule has 0 aliphatic carbocycles. The second kappa shape index (κ2) is 10.6. The molecule has 0 aromatic heterocycles. The molecule has 2 aromatic rings. The van der Waals surface area contributed by atoms with Crippen molar-refractivity contribution in [3.8, 4) is 0 Å². The highest BCUT2D eigenvalue weighted by Crippen LogP contribution is 2.21. The molecule has 0 radical (unpaired) electrons. The minimum Gasteiger partial charge on any atom is -0.272 e. The Labute approximate surface area is 181 Å². The molecule has 1 heterocycles. The van der Waals surface area contributed by atoms with E-state index in [2.05, 4.69) is 10.9 Å². The van der Waals surface area contributed by atoms with Crippen molar-refractivity contribution in [1.82, 2.24) is 15.2 Å². The van der Waals surface area contributed by atoms with Crippen LogP contribution < -0.4 is 10.9 Å². The smallest absolute Gasteiger partial charge is 0.269 e. The predicted molar refractivity (Wildman–Crippen MR) is 118 cm³/mol. The van der Waals surface area contributed by atoms with Crippen molar-refractivity contribution in [3.05, 3.63) is 65.7 Å². The lowest BCUT2D eigenvalue weighted by molar-refractivity contribution is -0.119. The van der Waals surface area contributed by atoms with Crippen LogP contribution in [0.2, 0.25) is 0 Å². The van der Waals surface area contributed by atoms with E-state index in [-0.39, 0.29) is 22.1 Å². The van der Waals surface area contributed by atoms with Crippen LogP contribution in [0.25, 0.3) is 0 Å². The number of carbonyl (C=O) groups excluding carboxylic acids is 2. The molecule has 1 aliphatic heterocycles. The molecule has 160 valence electrons. The van der Waals surface area contributed by atoms with Gasteiger partial charge in [-0.3, -0.25) is 20.4 Å². The molecule has 30 heavy (non-hydrogen) atoms. The van der Waals surface area contributed by atoms with E-state index >= 15 is 0 Å². The molecular weight excluding hydrogens is 422 g/mol. The molecule has 2 N–H and O–H groups in total. The van der Waals surface area contributed by atoms with Crippen LogP contribution in [0, 0.1) is 0 Å². The Bertz CT molecular complexity index is 958. The number of aryl methyl sites for hydroxylation is 1. The first-order chi connectivity index (χ1) is 14.5. The lowest BCUT2D eigenvalue weighted by atomic mass is 10.2. The van der Waals surface area contributed by atoms with Gasteiger partial charge in [0, 0.05) is 18.7 Å². The summed E-state index contributed by atoms with van der Waals surface area (Å²) >= 11 is 1.49. The standard InChI is InChI=1S/C21H25N3O4S2/c25-20(16-29-15-12-17-6-2-1-3-7-17)22-23-21(26)18-8-10-19(11-9-18)30(27,28)24-13-4-5-14-24/h1-3,6-11H,4-5,12-16H2,(H,22,25)(H,23,26). The highest BCUT2D eigenvalue weighted by atomic mass is 32.2. The maximum Gasteiger partial charge on any atom is 0.269 e. The van der Waals surface area contributed by atoms with Gasteiger partial charge >= 0.3 is 0 Å². The zero-order valence-electron chi connectivity index (χ0n) is 16.5. The number of nitrogens with one attached hydrogen (secondary N) is 2. The Hall–Kier alpha value is -2.36. The van der Waals surface area contributed by atoms with Crippen molar-refractivity contribution in [1.29, 1.82) is 0 Å². The topological polar surface area (TPSA) is 95.6 Å². The molecule has 9 heteroatoms. The maximum absolute atomic E-state index is 12.5. The van der Waals surface area contributed by atoms with Gasteiger partial charge in [-0.1, -0.05) is 30.3 Å². The molecule has 2 aromatic carbocycles. The predicted octanol–water partition coefficient (Wildman–Crippen LogP) is 2.21. The van der Waals surface area contributed by atoms with Crippen molar-refractivity contribution in [2.45, 2.75) is 24.2 Å². The zero-order chi connectivity index (χ0) is 21.4. The molecule has 0 bridgehead atoms. The monoisotopic (exact) mass is 447 g/mol. The van der Waals surface area contributed by atoms with E-state index in [4.69, 9.17) is 0 Å². The van der Waals surface area contributed by atoms with Crippen molar-refractivity contribution in [3.63, 3.8) is 0 Å². The fraction of sp³-hybridized carbons (Fsp3) is 0.333. The number of thioether (sulfide) groups is 1. The third-order valence-corrected chi connectivity index (χ3v) is 7.62. The highest BCUT2D eigenvalue weighted by Gasteiger charge is 2.27. The summed E-state index contributed by atoms with van der Waals surface area (Å²) in [5.41, 5.74) is 6.23. The maximum atomic E-state index is 12.5. The fourth-order valence-electron chi connectivity index (χ4n) is 3.09. The van der Waals surface area contributed by atoms with E-state index in [0.717, 1.165) is 25.0 Å². The van der Waals surface area contributed by atoms with Gasteiger partial charge in [-0.15, -0.1) is 0 Å². The van der Waals surface area contributed by atoms with Crippen molar-refractivity contribution in [2.24, 2.45) is 0 Å². The Balaban J connectivity index is 1.41. The summed E-state index contributed by atoms with van der Waals surface area (Å²) in [6.45, 7) is 1.06. The SMILES string of the molecule is O=C(CSCCc1ccccc1)NNC(=O)c1ccc(S(=O)(=O)N2CCCC2)cc1. The van der Waals surface area contributed by atoms with Crippen LogP contribution in [-0.2, 0) is 21.2 Å². The van der Waals surface area contributed by atoms with Crippen LogP contribution in [0.15, 0.2) is 59.5 Å². The lowest BCUT2D eigenvalue weighted by Crippen LogP contribution is -2.42. The van der Waals surface area contributed by atoms with Crippen LogP contribution in [0.3, 0.4) is 0 Å². The lowest BCUT2D eigenvalue weighted by Gasteiger charge is -2.15. The van der Waals surface area contributed by atoms with Gasteiger partial charge in [0.15, 0.2) is 0 Å². The Kier molecular flexibility index (Phi) is 7.89. The molecule has 0 spiro atoms. The average Bonchev–Trinajstić information content (AvgIpc) is 3.32. The van der Waals surface area contributed by atoms with E-state index in [1.807, 2.05) is 30.3 Å². The van der Waals surface area contributed by atoms with Gasteiger partial charge in [-0.25, -0.2) is 8.42 Å². The highest BCUT2D eigenvalue weighted by molar-refractivity contribution is 7.99. The van der Waals surface area contributed by atoms with Crippen LogP contribution >= 0.6 is 11.8 Å². The van der Waals surface area contributed by atoms with E-state index in [1.54, 1.807) is 0 Å². The summed E-state index contributed by atoms with van der Waals surface area (Å²) < 4.78 is 26.5. The van der Waals surface area contributed by atoms with Gasteiger partial charge in [-0.05, 0) is 54.8 Å². The number of nitrogens with zero attached hydrogens (tertiary/aromatic N) is 1. The van der Waals surface area contributed by atoms with Gasteiger partial charge in [0.1, 0.15) is 0 Å². The second-order valence-electron chi connectivity index (χ2n) is 6.93. The van der Waals surface area contributed by atoms with E-state index < -0.39 is 15.9 Å². The summed E-state index contributed by atoms with van der Waals surface area (Å²) in [6, 6.07) is 15.7. The van der Waals surface area contributed by atoms with Crippen LogP contribution in [-0.4, -0.2) is 49.1 Å². The van der Waals surface area contributed by atoms with E-state index in [1.165, 1.54) is 45.9 Å².